The molecule has 0 spiro atoms. The van der Waals surface area contributed by atoms with E-state index in [9.17, 15) is 18.5 Å². The van der Waals surface area contributed by atoms with Gasteiger partial charge in [-0.15, -0.1) is 10.2 Å². The van der Waals surface area contributed by atoms with Crippen molar-refractivity contribution < 1.29 is 13.3 Å². The number of rotatable bonds is 4. The second kappa shape index (κ2) is 7.95. The van der Waals surface area contributed by atoms with Crippen LogP contribution in [-0.4, -0.2) is 45.5 Å². The largest absolute Gasteiger partial charge is 0.282 e. The Balaban J connectivity index is 1.40. The number of aryl methyl sites for hydroxylation is 2. The molecule has 0 bridgehead atoms. The number of fused-ring (bicyclic) bond motifs is 3. The van der Waals surface area contributed by atoms with Gasteiger partial charge in [0.1, 0.15) is 16.5 Å². The lowest BCUT2D eigenvalue weighted by atomic mass is 9.95. The number of non-ortho nitro benzene ring substituents is 1. The van der Waals surface area contributed by atoms with E-state index < -0.39 is 14.9 Å². The molecule has 2 aliphatic rings. The third-order valence-electron chi connectivity index (χ3n) is 6.16. The Kier molecular flexibility index (Phi) is 5.23. The van der Waals surface area contributed by atoms with Gasteiger partial charge in [0.05, 0.1) is 15.6 Å². The lowest BCUT2D eigenvalue weighted by molar-refractivity contribution is -0.384. The second-order valence-electron chi connectivity index (χ2n) is 7.99. The van der Waals surface area contributed by atoms with Gasteiger partial charge in [-0.25, -0.2) is 8.42 Å². The first-order chi connectivity index (χ1) is 15.4. The molecule has 1 saturated heterocycles. The topological polar surface area (TPSA) is 111 Å². The van der Waals surface area contributed by atoms with Crippen molar-refractivity contribution in [1.29, 1.82) is 0 Å². The van der Waals surface area contributed by atoms with Crippen LogP contribution in [0.3, 0.4) is 0 Å². The summed E-state index contributed by atoms with van der Waals surface area (Å²) in [6.45, 7) is 0.709. The number of piperidine rings is 1. The first-order valence-electron chi connectivity index (χ1n) is 10.3. The molecule has 1 fully saturated rings. The maximum Gasteiger partial charge on any atom is 0.269 e. The number of aromatic nitrogens is 3. The lowest BCUT2D eigenvalue weighted by Gasteiger charge is -2.31. The molecule has 0 unspecified atom stereocenters. The highest BCUT2D eigenvalue weighted by Gasteiger charge is 2.34. The van der Waals surface area contributed by atoms with Crippen LogP contribution in [0.5, 0.6) is 0 Å². The number of sulfonamides is 1. The van der Waals surface area contributed by atoms with Crippen molar-refractivity contribution in [2.24, 2.45) is 0 Å². The predicted octanol–water partition coefficient (Wildman–Crippen LogP) is 3.50. The molecule has 0 amide bonds. The number of halogens is 1. The minimum Gasteiger partial charge on any atom is -0.282 e. The molecule has 0 aliphatic carbocycles. The zero-order valence-electron chi connectivity index (χ0n) is 17.0. The molecule has 2 aromatic carbocycles. The van der Waals surface area contributed by atoms with Gasteiger partial charge in [-0.3, -0.25) is 14.7 Å². The van der Waals surface area contributed by atoms with Crippen LogP contribution in [-0.2, 0) is 22.9 Å². The average Bonchev–Trinajstić information content (AvgIpc) is 3.23. The minimum atomic E-state index is -3.67. The molecule has 5 rings (SSSR count). The minimum absolute atomic E-state index is 0.0371. The fourth-order valence-electron chi connectivity index (χ4n) is 4.52. The quantitative estimate of drug-likeness (QED) is 0.423. The number of hydrogen-bond donors (Lipinski definition) is 0. The molecule has 0 radical (unpaired) electrons. The number of nitrogens with zero attached hydrogens (tertiary/aromatic N) is 5. The molecular weight excluding hydrogens is 454 g/mol. The van der Waals surface area contributed by atoms with Crippen LogP contribution in [0.15, 0.2) is 47.4 Å². The predicted molar refractivity (Wildman–Crippen MR) is 118 cm³/mol. The lowest BCUT2D eigenvalue weighted by Crippen LogP contribution is -2.38. The Bertz CT molecular complexity index is 1320. The number of benzene rings is 2. The molecule has 1 aromatic heterocycles. The van der Waals surface area contributed by atoms with Crippen molar-refractivity contribution in [3.05, 3.63) is 74.8 Å². The van der Waals surface area contributed by atoms with E-state index >= 15 is 0 Å². The normalized spacial score (nSPS) is 17.0. The Morgan fingerprint density at radius 2 is 1.81 bits per heavy atom. The van der Waals surface area contributed by atoms with E-state index in [1.807, 2.05) is 4.57 Å². The molecule has 0 N–H and O–H groups in total. The van der Waals surface area contributed by atoms with Crippen LogP contribution >= 0.6 is 11.6 Å². The molecule has 0 atom stereocenters. The molecule has 9 nitrogen and oxygen atoms in total. The molecule has 3 aromatic rings. The summed E-state index contributed by atoms with van der Waals surface area (Å²) in [7, 11) is -3.67. The fourth-order valence-corrected chi connectivity index (χ4v) is 6.48. The summed E-state index contributed by atoms with van der Waals surface area (Å²) in [6.07, 6.45) is 2.53. The van der Waals surface area contributed by atoms with Gasteiger partial charge in [0.2, 0.25) is 10.0 Å². The van der Waals surface area contributed by atoms with Crippen molar-refractivity contribution >= 4 is 27.3 Å². The van der Waals surface area contributed by atoms with Crippen molar-refractivity contribution in [2.75, 3.05) is 13.1 Å². The third-order valence-corrected chi connectivity index (χ3v) is 8.56. The van der Waals surface area contributed by atoms with Gasteiger partial charge >= 0.3 is 0 Å². The summed E-state index contributed by atoms with van der Waals surface area (Å²) >= 11 is 6.13. The summed E-state index contributed by atoms with van der Waals surface area (Å²) in [5.41, 5.74) is 1.83. The smallest absolute Gasteiger partial charge is 0.269 e. The third kappa shape index (κ3) is 3.48. The van der Waals surface area contributed by atoms with Gasteiger partial charge in [-0.2, -0.15) is 4.31 Å². The maximum absolute atomic E-state index is 13.0. The molecule has 2 aliphatic heterocycles. The summed E-state index contributed by atoms with van der Waals surface area (Å²) in [4.78, 5) is 10.9. The summed E-state index contributed by atoms with van der Waals surface area (Å²) in [6, 6.07) is 11.3. The number of nitro benzene ring substituents is 1. The van der Waals surface area contributed by atoms with Crippen molar-refractivity contribution in [2.45, 2.75) is 36.5 Å². The van der Waals surface area contributed by atoms with E-state index in [0.29, 0.717) is 38.8 Å². The number of nitro groups is 1. The molecule has 11 heteroatoms. The zero-order valence-corrected chi connectivity index (χ0v) is 18.6. The molecule has 166 valence electrons. The Labute approximate surface area is 189 Å². The van der Waals surface area contributed by atoms with Crippen molar-refractivity contribution in [3.63, 3.8) is 0 Å². The van der Waals surface area contributed by atoms with Gasteiger partial charge < -0.3 is 0 Å². The van der Waals surface area contributed by atoms with Gasteiger partial charge in [-0.1, -0.05) is 23.7 Å². The van der Waals surface area contributed by atoms with E-state index in [4.69, 9.17) is 11.6 Å². The van der Waals surface area contributed by atoms with E-state index in [-0.39, 0.29) is 21.5 Å². The first kappa shape index (κ1) is 21.0. The van der Waals surface area contributed by atoms with Gasteiger partial charge in [0, 0.05) is 37.6 Å². The van der Waals surface area contributed by atoms with Crippen molar-refractivity contribution in [3.8, 4) is 5.69 Å². The van der Waals surface area contributed by atoms with Crippen LogP contribution in [0.4, 0.5) is 5.69 Å². The van der Waals surface area contributed by atoms with Crippen molar-refractivity contribution in [1.82, 2.24) is 19.1 Å². The second-order valence-corrected chi connectivity index (χ2v) is 10.3. The van der Waals surface area contributed by atoms with Crippen LogP contribution in [0, 0.1) is 10.1 Å². The summed E-state index contributed by atoms with van der Waals surface area (Å²) < 4.78 is 29.5. The Morgan fingerprint density at radius 1 is 1.06 bits per heavy atom. The summed E-state index contributed by atoms with van der Waals surface area (Å²) in [5, 5.41) is 20.1. The molecular formula is C21H20ClN5O4S. The summed E-state index contributed by atoms with van der Waals surface area (Å²) in [5.74, 6) is 1.65. The highest BCUT2D eigenvalue weighted by Crippen LogP contribution is 2.35. The standard InChI is InChI=1S/C21H20ClN5O4S/c22-17-3-1-2-4-19(17)32(30,31)25-11-9-14(10-12-25)21-24-23-20-8-5-15-13-16(27(28)29)6-7-18(15)26(20)21/h1-4,6-7,13-14H,5,8-12H2. The molecule has 0 saturated carbocycles. The van der Waals surface area contributed by atoms with Gasteiger partial charge in [0.15, 0.2) is 0 Å². The molecule has 32 heavy (non-hydrogen) atoms. The SMILES string of the molecule is O=[N+]([O-])c1ccc2c(c1)CCc1nnc(C3CCN(S(=O)(=O)c4ccccc4Cl)CC3)n1-2. The average molecular weight is 474 g/mol. The first-order valence-corrected chi connectivity index (χ1v) is 12.1. The van der Waals surface area contributed by atoms with Crippen LogP contribution in [0.2, 0.25) is 5.02 Å². The van der Waals surface area contributed by atoms with E-state index in [0.717, 1.165) is 22.9 Å². The van der Waals surface area contributed by atoms with Crippen LogP contribution in [0.25, 0.3) is 5.69 Å². The highest BCUT2D eigenvalue weighted by molar-refractivity contribution is 7.89. The van der Waals surface area contributed by atoms with E-state index in [1.165, 1.54) is 16.4 Å². The van der Waals surface area contributed by atoms with E-state index in [2.05, 4.69) is 10.2 Å². The Hall–Kier alpha value is -2.82. The monoisotopic (exact) mass is 473 g/mol. The van der Waals surface area contributed by atoms with Crippen LogP contribution in [0.1, 0.15) is 36.0 Å². The van der Waals surface area contributed by atoms with Crippen LogP contribution < -0.4 is 0 Å². The molecule has 3 heterocycles. The maximum atomic E-state index is 13.0. The van der Waals surface area contributed by atoms with Gasteiger partial charge in [-0.05, 0) is 43.0 Å². The Morgan fingerprint density at radius 3 is 2.53 bits per heavy atom. The van der Waals surface area contributed by atoms with Gasteiger partial charge in [0.25, 0.3) is 5.69 Å². The zero-order chi connectivity index (χ0) is 22.5. The highest BCUT2D eigenvalue weighted by atomic mass is 35.5. The number of hydrogen-bond acceptors (Lipinski definition) is 6. The fraction of sp³-hybridized carbons (Fsp3) is 0.333. The van der Waals surface area contributed by atoms with E-state index in [1.54, 1.807) is 30.3 Å².